The fraction of sp³-hybridized carbons (Fsp3) is 0.600. The predicted molar refractivity (Wildman–Crippen MR) is 69.3 cm³/mol. The summed E-state index contributed by atoms with van der Waals surface area (Å²) < 4.78 is 5.13. The Morgan fingerprint density at radius 3 is 2.53 bits per heavy atom. The summed E-state index contributed by atoms with van der Waals surface area (Å²) in [5.74, 6) is 1.54. The molecule has 1 fully saturated rings. The van der Waals surface area contributed by atoms with Crippen LogP contribution in [0.25, 0.3) is 0 Å². The van der Waals surface area contributed by atoms with Gasteiger partial charge in [0.15, 0.2) is 0 Å². The molecule has 1 atom stereocenters. The first-order valence-corrected chi connectivity index (χ1v) is 6.60. The summed E-state index contributed by atoms with van der Waals surface area (Å²) in [5, 5.41) is 9.74. The Labute approximate surface area is 104 Å². The second-order valence-corrected chi connectivity index (χ2v) is 5.00. The van der Waals surface area contributed by atoms with Crippen molar-refractivity contribution >= 4 is 0 Å². The van der Waals surface area contributed by atoms with Crippen molar-refractivity contribution in [2.75, 3.05) is 7.11 Å². The minimum absolute atomic E-state index is 0.0362. The van der Waals surface area contributed by atoms with Gasteiger partial charge in [-0.3, -0.25) is 0 Å². The van der Waals surface area contributed by atoms with Gasteiger partial charge in [-0.1, -0.05) is 18.6 Å². The van der Waals surface area contributed by atoms with Gasteiger partial charge in [0, 0.05) is 0 Å². The molecule has 0 spiro atoms. The van der Waals surface area contributed by atoms with Crippen molar-refractivity contribution in [3.8, 4) is 5.75 Å². The van der Waals surface area contributed by atoms with Gasteiger partial charge in [-0.15, -0.1) is 0 Å². The van der Waals surface area contributed by atoms with Crippen molar-refractivity contribution in [2.45, 2.75) is 44.6 Å². The summed E-state index contributed by atoms with van der Waals surface area (Å²) in [5.41, 5.74) is 1.35. The Kier molecular flexibility index (Phi) is 4.43. The van der Waals surface area contributed by atoms with E-state index in [1.165, 1.54) is 18.4 Å². The smallest absolute Gasteiger partial charge is 0.118 e. The van der Waals surface area contributed by atoms with Gasteiger partial charge in [0.2, 0.25) is 0 Å². The molecule has 1 saturated carbocycles. The Bertz CT molecular complexity index is 327. The minimum Gasteiger partial charge on any atom is -0.497 e. The molecular formula is C15H22O2. The van der Waals surface area contributed by atoms with Crippen LogP contribution >= 0.6 is 0 Å². The molecule has 2 nitrogen and oxygen atoms in total. The van der Waals surface area contributed by atoms with Crippen LogP contribution in [-0.2, 0) is 6.42 Å². The van der Waals surface area contributed by atoms with E-state index in [4.69, 9.17) is 4.74 Å². The largest absolute Gasteiger partial charge is 0.497 e. The molecule has 0 aliphatic heterocycles. The number of aryl methyl sites for hydroxylation is 1. The van der Waals surface area contributed by atoms with E-state index in [9.17, 15) is 5.11 Å². The van der Waals surface area contributed by atoms with Gasteiger partial charge >= 0.3 is 0 Å². The lowest BCUT2D eigenvalue weighted by Gasteiger charge is -2.08. The SMILES string of the molecule is COc1ccc(CCCCC(O)C2CC2)cc1. The fourth-order valence-corrected chi connectivity index (χ4v) is 2.19. The van der Waals surface area contributed by atoms with Gasteiger partial charge in [-0.2, -0.15) is 0 Å². The lowest BCUT2D eigenvalue weighted by Crippen LogP contribution is -2.08. The van der Waals surface area contributed by atoms with Crippen LogP contribution in [0.3, 0.4) is 0 Å². The van der Waals surface area contributed by atoms with Crippen LogP contribution in [0.5, 0.6) is 5.75 Å². The molecule has 0 radical (unpaired) electrons. The number of aliphatic hydroxyl groups excluding tert-OH is 1. The van der Waals surface area contributed by atoms with Gasteiger partial charge < -0.3 is 9.84 Å². The normalized spacial score (nSPS) is 16.8. The highest BCUT2D eigenvalue weighted by atomic mass is 16.5. The standard InChI is InChI=1S/C15H22O2/c1-17-14-10-6-12(7-11-14)4-2-3-5-15(16)13-8-9-13/h6-7,10-11,13,15-16H,2-5,8-9H2,1H3. The first-order valence-electron chi connectivity index (χ1n) is 6.60. The highest BCUT2D eigenvalue weighted by Crippen LogP contribution is 2.34. The van der Waals surface area contributed by atoms with Gasteiger partial charge in [0.05, 0.1) is 13.2 Å². The highest BCUT2D eigenvalue weighted by molar-refractivity contribution is 5.27. The highest BCUT2D eigenvalue weighted by Gasteiger charge is 2.28. The zero-order chi connectivity index (χ0) is 12.1. The summed E-state index contributed by atoms with van der Waals surface area (Å²) in [6.07, 6.45) is 6.80. The summed E-state index contributed by atoms with van der Waals surface area (Å²) in [7, 11) is 1.69. The molecule has 2 rings (SSSR count). The van der Waals surface area contributed by atoms with Crippen LogP contribution in [0.1, 0.15) is 37.7 Å². The minimum atomic E-state index is -0.0362. The summed E-state index contributed by atoms with van der Waals surface area (Å²) in [6, 6.07) is 8.26. The third-order valence-electron chi connectivity index (χ3n) is 3.54. The summed E-state index contributed by atoms with van der Waals surface area (Å²) in [4.78, 5) is 0. The van der Waals surface area contributed by atoms with Gasteiger partial charge in [0.1, 0.15) is 5.75 Å². The zero-order valence-corrected chi connectivity index (χ0v) is 10.6. The number of rotatable bonds is 7. The van der Waals surface area contributed by atoms with Gasteiger partial charge in [-0.25, -0.2) is 0 Å². The molecule has 0 heterocycles. The van der Waals surface area contributed by atoms with Crippen molar-refractivity contribution in [3.05, 3.63) is 29.8 Å². The first-order chi connectivity index (χ1) is 8.29. The molecule has 0 aromatic heterocycles. The average Bonchev–Trinajstić information content (AvgIpc) is 3.19. The second kappa shape index (κ2) is 6.06. The average molecular weight is 234 g/mol. The zero-order valence-electron chi connectivity index (χ0n) is 10.6. The summed E-state index contributed by atoms with van der Waals surface area (Å²) >= 11 is 0. The molecule has 0 amide bonds. The lowest BCUT2D eigenvalue weighted by molar-refractivity contribution is 0.138. The predicted octanol–water partition coefficient (Wildman–Crippen LogP) is 3.18. The van der Waals surface area contributed by atoms with E-state index >= 15 is 0 Å². The Morgan fingerprint density at radius 2 is 1.94 bits per heavy atom. The van der Waals surface area contributed by atoms with Crippen LogP contribution in [0, 0.1) is 5.92 Å². The molecule has 2 heteroatoms. The first kappa shape index (κ1) is 12.4. The van der Waals surface area contributed by atoms with Crippen LogP contribution in [0.15, 0.2) is 24.3 Å². The molecule has 1 aromatic carbocycles. The van der Waals surface area contributed by atoms with Crippen LogP contribution in [-0.4, -0.2) is 18.3 Å². The number of aliphatic hydroxyl groups is 1. The van der Waals surface area contributed by atoms with Crippen LogP contribution < -0.4 is 4.74 Å². The van der Waals surface area contributed by atoms with E-state index in [-0.39, 0.29) is 6.10 Å². The van der Waals surface area contributed by atoms with E-state index in [0.717, 1.165) is 31.4 Å². The molecule has 1 aliphatic carbocycles. The monoisotopic (exact) mass is 234 g/mol. The number of unbranched alkanes of at least 4 members (excludes halogenated alkanes) is 1. The van der Waals surface area contributed by atoms with E-state index in [2.05, 4.69) is 12.1 Å². The molecule has 1 aliphatic rings. The van der Waals surface area contributed by atoms with E-state index < -0.39 is 0 Å². The number of methoxy groups -OCH3 is 1. The third-order valence-corrected chi connectivity index (χ3v) is 3.54. The molecule has 0 saturated heterocycles. The van der Waals surface area contributed by atoms with Crippen molar-refractivity contribution in [3.63, 3.8) is 0 Å². The molecule has 1 aromatic rings. The number of ether oxygens (including phenoxy) is 1. The van der Waals surface area contributed by atoms with E-state index in [1.807, 2.05) is 12.1 Å². The van der Waals surface area contributed by atoms with Gasteiger partial charge in [-0.05, 0) is 55.7 Å². The Morgan fingerprint density at radius 1 is 1.24 bits per heavy atom. The maximum Gasteiger partial charge on any atom is 0.118 e. The van der Waals surface area contributed by atoms with E-state index in [1.54, 1.807) is 7.11 Å². The Balaban J connectivity index is 1.63. The summed E-state index contributed by atoms with van der Waals surface area (Å²) in [6.45, 7) is 0. The maximum absolute atomic E-state index is 9.74. The quantitative estimate of drug-likeness (QED) is 0.734. The topological polar surface area (TPSA) is 29.5 Å². The molecular weight excluding hydrogens is 212 g/mol. The van der Waals surface area contributed by atoms with E-state index in [0.29, 0.717) is 5.92 Å². The van der Waals surface area contributed by atoms with Crippen molar-refractivity contribution in [1.82, 2.24) is 0 Å². The molecule has 0 bridgehead atoms. The third kappa shape index (κ3) is 4.04. The number of benzene rings is 1. The van der Waals surface area contributed by atoms with Crippen molar-refractivity contribution < 1.29 is 9.84 Å². The van der Waals surface area contributed by atoms with Crippen molar-refractivity contribution in [2.24, 2.45) is 5.92 Å². The fourth-order valence-electron chi connectivity index (χ4n) is 2.19. The van der Waals surface area contributed by atoms with Gasteiger partial charge in [0.25, 0.3) is 0 Å². The maximum atomic E-state index is 9.74. The number of hydrogen-bond acceptors (Lipinski definition) is 2. The van der Waals surface area contributed by atoms with Crippen molar-refractivity contribution in [1.29, 1.82) is 0 Å². The lowest BCUT2D eigenvalue weighted by atomic mass is 10.0. The number of hydrogen-bond donors (Lipinski definition) is 1. The molecule has 94 valence electrons. The van der Waals surface area contributed by atoms with Crippen LogP contribution in [0.2, 0.25) is 0 Å². The molecule has 17 heavy (non-hydrogen) atoms. The van der Waals surface area contributed by atoms with Crippen LogP contribution in [0.4, 0.5) is 0 Å². The second-order valence-electron chi connectivity index (χ2n) is 5.00. The molecule has 1 unspecified atom stereocenters. The Hall–Kier alpha value is -1.02. The molecule has 1 N–H and O–H groups in total.